The number of benzene rings is 1. The fraction of sp³-hybridized carbons (Fsp3) is 0.346. The standard InChI is InChI=1S/C26H27N7O3/c1-14(35)22-23(17-10-18-6-7-19(11-17)32(18)21(36)13-34)31-26-20(12-30-33(26)24(22)27)15-2-4-16(5-3-15)25-28-8-9-29-25/h2-5,8-9,12,17-19,34H,6-7,10-11,13,27H2,1H3,(H,28,29)/t17-,18-,19+. The molecule has 0 aliphatic carbocycles. The van der Waals surface area contributed by atoms with Gasteiger partial charge in [0.25, 0.3) is 0 Å². The third-order valence-corrected chi connectivity index (χ3v) is 7.57. The highest BCUT2D eigenvalue weighted by Crippen LogP contribution is 2.44. The number of carbonyl (C=O) groups excluding carboxylic acids is 2. The maximum Gasteiger partial charge on any atom is 0.248 e. The zero-order chi connectivity index (χ0) is 25.0. The third kappa shape index (κ3) is 3.48. The summed E-state index contributed by atoms with van der Waals surface area (Å²) in [6.45, 7) is 1.02. The first-order valence-electron chi connectivity index (χ1n) is 12.2. The first-order valence-corrected chi connectivity index (χ1v) is 12.2. The van der Waals surface area contributed by atoms with E-state index >= 15 is 0 Å². The highest BCUT2D eigenvalue weighted by atomic mass is 16.3. The van der Waals surface area contributed by atoms with Crippen LogP contribution in [0.3, 0.4) is 0 Å². The number of imidazole rings is 1. The van der Waals surface area contributed by atoms with Gasteiger partial charge < -0.3 is 20.7 Å². The number of aromatic nitrogens is 5. The second-order valence-corrected chi connectivity index (χ2v) is 9.63. The van der Waals surface area contributed by atoms with Crippen LogP contribution in [-0.4, -0.2) is 65.0 Å². The number of nitrogens with one attached hydrogen (secondary N) is 1. The molecule has 184 valence electrons. The monoisotopic (exact) mass is 485 g/mol. The second-order valence-electron chi connectivity index (χ2n) is 9.63. The lowest BCUT2D eigenvalue weighted by molar-refractivity contribution is -0.138. The molecule has 5 heterocycles. The molecule has 2 saturated heterocycles. The number of amides is 1. The second kappa shape index (κ2) is 8.56. The molecule has 1 amide bonds. The number of Topliss-reactive ketones (excluding diaryl/α,β-unsaturated/α-hetero) is 1. The van der Waals surface area contributed by atoms with Crippen LogP contribution < -0.4 is 5.73 Å². The number of nitrogen functional groups attached to an aromatic ring is 1. The molecule has 0 radical (unpaired) electrons. The van der Waals surface area contributed by atoms with E-state index in [-0.39, 0.29) is 35.5 Å². The normalized spacial score (nSPS) is 21.3. The van der Waals surface area contributed by atoms with Gasteiger partial charge in [-0.05, 0) is 38.2 Å². The molecule has 36 heavy (non-hydrogen) atoms. The third-order valence-electron chi connectivity index (χ3n) is 7.57. The molecule has 1 aromatic carbocycles. The van der Waals surface area contributed by atoms with E-state index in [1.165, 1.54) is 11.4 Å². The number of fused-ring (bicyclic) bond motifs is 3. The van der Waals surface area contributed by atoms with Crippen molar-refractivity contribution >= 4 is 23.2 Å². The molecule has 0 spiro atoms. The molecule has 0 unspecified atom stereocenters. The predicted octanol–water partition coefficient (Wildman–Crippen LogP) is 2.80. The van der Waals surface area contributed by atoms with E-state index in [1.807, 2.05) is 29.2 Å². The van der Waals surface area contributed by atoms with Gasteiger partial charge in [0, 0.05) is 41.5 Å². The minimum absolute atomic E-state index is 0.0134. The number of hydrogen-bond donors (Lipinski definition) is 3. The molecule has 2 aliphatic heterocycles. The van der Waals surface area contributed by atoms with Gasteiger partial charge in [-0.2, -0.15) is 9.61 Å². The molecule has 2 aliphatic rings. The maximum atomic E-state index is 12.7. The zero-order valence-electron chi connectivity index (χ0n) is 19.9. The molecule has 2 bridgehead atoms. The molecule has 0 saturated carbocycles. The average Bonchev–Trinajstić information content (AvgIpc) is 3.62. The Hall–Kier alpha value is -4.05. The van der Waals surface area contributed by atoms with Crippen molar-refractivity contribution in [2.75, 3.05) is 12.3 Å². The van der Waals surface area contributed by atoms with Gasteiger partial charge in [0.15, 0.2) is 11.4 Å². The Balaban J connectivity index is 1.42. The number of aliphatic hydroxyl groups is 1. The van der Waals surface area contributed by atoms with E-state index in [1.54, 1.807) is 18.6 Å². The molecule has 10 nitrogen and oxygen atoms in total. The van der Waals surface area contributed by atoms with Gasteiger partial charge in [-0.15, -0.1) is 0 Å². The molecule has 4 N–H and O–H groups in total. The van der Waals surface area contributed by atoms with Gasteiger partial charge in [0.1, 0.15) is 18.2 Å². The van der Waals surface area contributed by atoms with Gasteiger partial charge in [0.2, 0.25) is 5.91 Å². The van der Waals surface area contributed by atoms with E-state index in [4.69, 9.17) is 10.7 Å². The summed E-state index contributed by atoms with van der Waals surface area (Å²) in [6.07, 6.45) is 8.37. The summed E-state index contributed by atoms with van der Waals surface area (Å²) in [5, 5.41) is 13.9. The smallest absolute Gasteiger partial charge is 0.248 e. The van der Waals surface area contributed by atoms with Crippen LogP contribution >= 0.6 is 0 Å². The Morgan fingerprint density at radius 1 is 1.14 bits per heavy atom. The van der Waals surface area contributed by atoms with Crippen LogP contribution in [0.25, 0.3) is 28.2 Å². The average molecular weight is 486 g/mol. The van der Waals surface area contributed by atoms with Crippen molar-refractivity contribution in [1.82, 2.24) is 29.5 Å². The summed E-state index contributed by atoms with van der Waals surface area (Å²) in [6, 6.07) is 8.01. The molecule has 6 rings (SSSR count). The van der Waals surface area contributed by atoms with Crippen LogP contribution in [0.2, 0.25) is 0 Å². The molecular formula is C26H27N7O3. The van der Waals surface area contributed by atoms with E-state index in [2.05, 4.69) is 15.1 Å². The van der Waals surface area contributed by atoms with Crippen molar-refractivity contribution in [1.29, 1.82) is 0 Å². The number of aromatic amines is 1. The number of nitrogens with two attached hydrogens (primary N) is 1. The van der Waals surface area contributed by atoms with Gasteiger partial charge in [-0.3, -0.25) is 9.59 Å². The minimum Gasteiger partial charge on any atom is -0.387 e. The minimum atomic E-state index is -0.481. The summed E-state index contributed by atoms with van der Waals surface area (Å²) in [4.78, 5) is 39.3. The summed E-state index contributed by atoms with van der Waals surface area (Å²) in [7, 11) is 0. The lowest BCUT2D eigenvalue weighted by atomic mass is 9.85. The summed E-state index contributed by atoms with van der Waals surface area (Å²) in [5.74, 6) is 0.671. The first-order chi connectivity index (χ1) is 17.5. The van der Waals surface area contributed by atoms with Crippen molar-refractivity contribution in [3.05, 3.63) is 54.1 Å². The van der Waals surface area contributed by atoms with Crippen LogP contribution in [-0.2, 0) is 4.79 Å². The Bertz CT molecular complexity index is 1450. The van der Waals surface area contributed by atoms with Crippen LogP contribution in [0, 0.1) is 0 Å². The van der Waals surface area contributed by atoms with Crippen molar-refractivity contribution < 1.29 is 14.7 Å². The quantitative estimate of drug-likeness (QED) is 0.369. The number of anilines is 1. The van der Waals surface area contributed by atoms with Gasteiger partial charge in [-0.1, -0.05) is 24.3 Å². The number of rotatable bonds is 5. The van der Waals surface area contributed by atoms with E-state index in [0.717, 1.165) is 35.4 Å². The van der Waals surface area contributed by atoms with Crippen LogP contribution in [0.1, 0.15) is 54.6 Å². The summed E-state index contributed by atoms with van der Waals surface area (Å²) >= 11 is 0. The lowest BCUT2D eigenvalue weighted by Gasteiger charge is -2.39. The molecule has 3 aromatic heterocycles. The highest BCUT2D eigenvalue weighted by Gasteiger charge is 2.44. The lowest BCUT2D eigenvalue weighted by Crippen LogP contribution is -2.47. The van der Waals surface area contributed by atoms with Crippen LogP contribution in [0.15, 0.2) is 42.9 Å². The SMILES string of the molecule is CC(=O)c1c([C@@H]2C[C@H]3CC[C@@H](C2)N3C(=O)CO)nc2c(-c3ccc(-c4ncc[nH]4)cc3)cnn2c1N. The Morgan fingerprint density at radius 3 is 2.44 bits per heavy atom. The number of piperidine rings is 1. The number of nitrogens with zero attached hydrogens (tertiary/aromatic N) is 5. The number of ketones is 1. The van der Waals surface area contributed by atoms with Gasteiger partial charge >= 0.3 is 0 Å². The molecule has 2 fully saturated rings. The van der Waals surface area contributed by atoms with Crippen molar-refractivity contribution in [3.8, 4) is 22.5 Å². The largest absolute Gasteiger partial charge is 0.387 e. The molecule has 10 heteroatoms. The van der Waals surface area contributed by atoms with Crippen molar-refractivity contribution in [3.63, 3.8) is 0 Å². The maximum absolute atomic E-state index is 12.7. The van der Waals surface area contributed by atoms with Crippen molar-refractivity contribution in [2.45, 2.75) is 50.6 Å². The molecule has 4 aromatic rings. The van der Waals surface area contributed by atoms with Gasteiger partial charge in [-0.25, -0.2) is 9.97 Å². The van der Waals surface area contributed by atoms with E-state index in [9.17, 15) is 14.7 Å². The Morgan fingerprint density at radius 2 is 1.83 bits per heavy atom. The highest BCUT2D eigenvalue weighted by molar-refractivity contribution is 6.00. The first kappa shape index (κ1) is 22.4. The number of carbonyl (C=O) groups is 2. The van der Waals surface area contributed by atoms with Crippen molar-refractivity contribution in [2.24, 2.45) is 0 Å². The zero-order valence-corrected chi connectivity index (χ0v) is 19.9. The summed E-state index contributed by atoms with van der Waals surface area (Å²) in [5.41, 5.74) is 10.9. The van der Waals surface area contributed by atoms with E-state index < -0.39 is 6.61 Å². The number of hydrogen-bond acceptors (Lipinski definition) is 7. The predicted molar refractivity (Wildman–Crippen MR) is 133 cm³/mol. The summed E-state index contributed by atoms with van der Waals surface area (Å²) < 4.78 is 1.54. The van der Waals surface area contributed by atoms with Crippen LogP contribution in [0.5, 0.6) is 0 Å². The number of aliphatic hydroxyl groups excluding tert-OH is 1. The fourth-order valence-corrected chi connectivity index (χ4v) is 6.01. The molecular weight excluding hydrogens is 458 g/mol. The Kier molecular flexibility index (Phi) is 5.33. The van der Waals surface area contributed by atoms with Gasteiger partial charge in [0.05, 0.1) is 17.5 Å². The Labute approximate surface area is 207 Å². The number of H-pyrrole nitrogens is 1. The topological polar surface area (TPSA) is 142 Å². The molecule has 3 atom stereocenters. The van der Waals surface area contributed by atoms with E-state index in [0.29, 0.717) is 29.7 Å². The van der Waals surface area contributed by atoms with Crippen LogP contribution in [0.4, 0.5) is 5.82 Å². The fourth-order valence-electron chi connectivity index (χ4n) is 6.01.